The van der Waals surface area contributed by atoms with Crippen LogP contribution in [0.2, 0.25) is 0 Å². The van der Waals surface area contributed by atoms with E-state index in [0.717, 1.165) is 19.3 Å². The first-order chi connectivity index (χ1) is 14.7. The Hall–Kier alpha value is -2.31. The third-order valence-electron chi connectivity index (χ3n) is 3.16. The van der Waals surface area contributed by atoms with Crippen LogP contribution in [-0.4, -0.2) is 60.8 Å². The summed E-state index contributed by atoms with van der Waals surface area (Å²) in [5, 5.41) is 11.0. The first-order valence-corrected chi connectivity index (χ1v) is 12.9. The third kappa shape index (κ3) is 22.4. The topological polar surface area (TPSA) is 124 Å². The average molecular weight is 500 g/mol. The van der Waals surface area contributed by atoms with Crippen LogP contribution in [0.3, 0.4) is 0 Å². The number of hydrogen-bond donors (Lipinski definition) is 0. The van der Waals surface area contributed by atoms with E-state index in [1.165, 1.54) is 43.7 Å². The van der Waals surface area contributed by atoms with Gasteiger partial charge in [-0.2, -0.15) is 5.10 Å². The van der Waals surface area contributed by atoms with E-state index in [9.17, 15) is 8.42 Å². The quantitative estimate of drug-likeness (QED) is 0.440. The van der Waals surface area contributed by atoms with Crippen LogP contribution in [0.5, 0.6) is 0 Å². The maximum absolute atomic E-state index is 10.7. The van der Waals surface area contributed by atoms with Crippen LogP contribution in [0.1, 0.15) is 40.5 Å². The molecule has 3 aromatic heterocycles. The number of nitrogens with zero attached hydrogens (tertiary/aromatic N) is 7. The molecule has 3 aromatic rings. The van der Waals surface area contributed by atoms with E-state index in [4.69, 9.17) is 0 Å². The molecule has 1 saturated heterocycles. The molecule has 0 amide bonds. The van der Waals surface area contributed by atoms with Gasteiger partial charge in [0.05, 0.1) is 23.2 Å². The fourth-order valence-corrected chi connectivity index (χ4v) is 4.37. The Morgan fingerprint density at radius 1 is 0.719 bits per heavy atom. The molecule has 2 aliphatic heterocycles. The smallest absolute Gasteiger partial charge is 0.150 e. The molecule has 12 heteroatoms. The van der Waals surface area contributed by atoms with Crippen molar-refractivity contribution in [1.82, 2.24) is 35.1 Å². The molecule has 178 valence electrons. The normalized spacial score (nSPS) is 14.4. The monoisotopic (exact) mass is 499 g/mol. The van der Waals surface area contributed by atoms with Crippen molar-refractivity contribution < 1.29 is 8.42 Å². The van der Waals surface area contributed by atoms with Crippen LogP contribution in [-0.2, 0) is 9.84 Å². The molecule has 2 aliphatic rings. The summed E-state index contributed by atoms with van der Waals surface area (Å²) in [5.41, 5.74) is 1.79. The second kappa shape index (κ2) is 23.4. The first-order valence-electron chi connectivity index (χ1n) is 9.11. The van der Waals surface area contributed by atoms with Gasteiger partial charge in [0, 0.05) is 23.5 Å². The number of rotatable bonds is 0. The highest BCUT2D eigenvalue weighted by Gasteiger charge is 2.14. The molecule has 0 bridgehead atoms. The Morgan fingerprint density at radius 2 is 1.41 bits per heavy atom. The van der Waals surface area contributed by atoms with E-state index in [0.29, 0.717) is 11.5 Å². The van der Waals surface area contributed by atoms with Crippen molar-refractivity contribution in [1.29, 1.82) is 0 Å². The molecule has 0 aliphatic carbocycles. The fourth-order valence-electron chi connectivity index (χ4n) is 1.85. The van der Waals surface area contributed by atoms with Gasteiger partial charge in [0.1, 0.15) is 35.1 Å². The SMILES string of the molecule is C.C.C1=CSCC1.O=S1(=O)CCCCC1.c1cnncn1.c1cscn1.c1ncncn1. The predicted octanol–water partition coefficient (Wildman–Crippen LogP) is 4.38. The Balaban J connectivity index is 0. The second-order valence-corrected chi connectivity index (χ2v) is 9.58. The first kappa shape index (κ1) is 31.9. The minimum atomic E-state index is -2.58. The van der Waals surface area contributed by atoms with Crippen molar-refractivity contribution in [2.24, 2.45) is 0 Å². The highest BCUT2D eigenvalue weighted by molar-refractivity contribution is 8.02. The summed E-state index contributed by atoms with van der Waals surface area (Å²) < 4.78 is 21.3. The van der Waals surface area contributed by atoms with Crippen molar-refractivity contribution >= 4 is 32.9 Å². The van der Waals surface area contributed by atoms with Gasteiger partial charge in [-0.25, -0.2) is 28.4 Å². The van der Waals surface area contributed by atoms with E-state index in [-0.39, 0.29) is 14.9 Å². The molecule has 9 nitrogen and oxygen atoms in total. The number of hydrogen-bond acceptors (Lipinski definition) is 11. The van der Waals surface area contributed by atoms with Gasteiger partial charge < -0.3 is 0 Å². The van der Waals surface area contributed by atoms with Crippen molar-refractivity contribution in [3.8, 4) is 0 Å². The molecular weight excluding hydrogens is 466 g/mol. The molecule has 5 heterocycles. The highest BCUT2D eigenvalue weighted by Crippen LogP contribution is 2.11. The van der Waals surface area contributed by atoms with E-state index in [2.05, 4.69) is 46.6 Å². The maximum atomic E-state index is 10.7. The molecule has 0 unspecified atom stereocenters. The average Bonchev–Trinajstić information content (AvgIpc) is 3.56. The van der Waals surface area contributed by atoms with Gasteiger partial charge in [-0.1, -0.05) is 27.4 Å². The van der Waals surface area contributed by atoms with Crippen LogP contribution < -0.4 is 0 Å². The third-order valence-corrected chi connectivity index (χ3v) is 6.36. The van der Waals surface area contributed by atoms with E-state index in [1.54, 1.807) is 29.2 Å². The zero-order valence-corrected chi connectivity index (χ0v) is 18.9. The lowest BCUT2D eigenvalue weighted by Gasteiger charge is -2.08. The molecule has 0 radical (unpaired) electrons. The van der Waals surface area contributed by atoms with Gasteiger partial charge in [-0.05, 0) is 24.7 Å². The Labute approximate surface area is 200 Å². The van der Waals surface area contributed by atoms with E-state index < -0.39 is 9.84 Å². The lowest BCUT2D eigenvalue weighted by molar-refractivity contribution is 0.575. The lowest BCUT2D eigenvalue weighted by atomic mass is 10.3. The van der Waals surface area contributed by atoms with Crippen LogP contribution in [0.4, 0.5) is 0 Å². The number of allylic oxidation sites excluding steroid dienone is 1. The zero-order valence-electron chi connectivity index (χ0n) is 16.5. The molecular formula is C20H33N7O2S3. The van der Waals surface area contributed by atoms with E-state index >= 15 is 0 Å². The van der Waals surface area contributed by atoms with Crippen molar-refractivity contribution in [3.05, 3.63) is 66.3 Å². The van der Waals surface area contributed by atoms with Gasteiger partial charge in [0.25, 0.3) is 0 Å². The molecule has 5 rings (SSSR count). The molecule has 0 spiro atoms. The zero-order chi connectivity index (χ0) is 21.6. The minimum Gasteiger partial charge on any atom is -0.253 e. The van der Waals surface area contributed by atoms with Gasteiger partial charge >= 0.3 is 0 Å². The predicted molar refractivity (Wildman–Crippen MR) is 134 cm³/mol. The molecule has 1 fully saturated rings. The Bertz CT molecular complexity index is 718. The van der Waals surface area contributed by atoms with Crippen molar-refractivity contribution in [2.75, 3.05) is 17.3 Å². The van der Waals surface area contributed by atoms with Crippen LogP contribution in [0.15, 0.2) is 66.3 Å². The number of thiazole rings is 1. The summed E-state index contributed by atoms with van der Waals surface area (Å²) in [6, 6.07) is 0. The van der Waals surface area contributed by atoms with Crippen LogP contribution >= 0.6 is 23.1 Å². The van der Waals surface area contributed by atoms with Crippen molar-refractivity contribution in [2.45, 2.75) is 40.5 Å². The molecule has 0 saturated carbocycles. The highest BCUT2D eigenvalue weighted by atomic mass is 32.2. The van der Waals surface area contributed by atoms with Gasteiger partial charge in [0.2, 0.25) is 0 Å². The van der Waals surface area contributed by atoms with Gasteiger partial charge in [-0.15, -0.1) is 28.2 Å². The summed E-state index contributed by atoms with van der Waals surface area (Å²) in [6.45, 7) is 0. The van der Waals surface area contributed by atoms with Crippen LogP contribution in [0.25, 0.3) is 0 Å². The van der Waals surface area contributed by atoms with Crippen molar-refractivity contribution in [3.63, 3.8) is 0 Å². The molecule has 0 atom stereocenters. The van der Waals surface area contributed by atoms with E-state index in [1.807, 2.05) is 17.1 Å². The number of aromatic nitrogens is 7. The summed E-state index contributed by atoms with van der Waals surface area (Å²) in [4.78, 5) is 18.0. The summed E-state index contributed by atoms with van der Waals surface area (Å²) in [7, 11) is -2.58. The molecule has 0 aromatic carbocycles. The standard InChI is InChI=1S/C5H10O2S.C4H6S.2C3H3N3.C3H3NS.2CH4/c6-8(7)4-2-1-3-5-8;1-2-4-5-3-1;1-4-2-6-3-5-1;1-2-5-6-3-4-1;1-2-5-3-4-1;;/h1-5H2;1,3H,2,4H2;2*1-3H;1-3H;2*1H4. The molecule has 32 heavy (non-hydrogen) atoms. The Kier molecular flexibility index (Phi) is 23.3. The largest absolute Gasteiger partial charge is 0.253 e. The van der Waals surface area contributed by atoms with Gasteiger partial charge in [-0.3, -0.25) is 4.98 Å². The maximum Gasteiger partial charge on any atom is 0.150 e. The summed E-state index contributed by atoms with van der Waals surface area (Å²) in [6.07, 6.45) is 16.9. The minimum absolute atomic E-state index is 0. The molecule has 0 N–H and O–H groups in total. The second-order valence-electron chi connectivity index (χ2n) is 5.51. The number of thioether (sulfide) groups is 1. The summed E-state index contributed by atoms with van der Waals surface area (Å²) >= 11 is 3.50. The summed E-state index contributed by atoms with van der Waals surface area (Å²) in [5.74, 6) is 2.15. The van der Waals surface area contributed by atoms with Crippen LogP contribution in [0, 0.1) is 0 Å². The van der Waals surface area contributed by atoms with Gasteiger partial charge in [0.15, 0.2) is 0 Å². The lowest BCUT2D eigenvalue weighted by Crippen LogP contribution is -2.15. The Morgan fingerprint density at radius 3 is 1.59 bits per heavy atom. The number of sulfone groups is 1. The fraction of sp³-hybridized carbons (Fsp3) is 0.450.